The molecule has 2 aromatic rings. The van der Waals surface area contributed by atoms with E-state index in [0.29, 0.717) is 36.2 Å². The highest BCUT2D eigenvalue weighted by molar-refractivity contribution is 6.40. The van der Waals surface area contributed by atoms with Gasteiger partial charge in [-0.2, -0.15) is 0 Å². The van der Waals surface area contributed by atoms with Crippen LogP contribution < -0.4 is 5.32 Å². The Hall–Kier alpha value is -3.29. The zero-order chi connectivity index (χ0) is 19.4. The average Bonchev–Trinajstić information content (AvgIpc) is 2.68. The quantitative estimate of drug-likeness (QED) is 0.784. The number of amides is 3. The summed E-state index contributed by atoms with van der Waals surface area (Å²) in [5.74, 6) is -1.31. The van der Waals surface area contributed by atoms with Gasteiger partial charge in [-0.25, -0.2) is 4.79 Å². The van der Waals surface area contributed by atoms with Gasteiger partial charge in [-0.05, 0) is 19.1 Å². The molecule has 27 heavy (non-hydrogen) atoms. The number of benzene rings is 2. The summed E-state index contributed by atoms with van der Waals surface area (Å²) >= 11 is 0. The molecule has 1 aliphatic heterocycles. The predicted octanol–water partition coefficient (Wildman–Crippen LogP) is 1.78. The Kier molecular flexibility index (Phi) is 5.44. The lowest BCUT2D eigenvalue weighted by atomic mass is 10.1. The van der Waals surface area contributed by atoms with Gasteiger partial charge in [0.25, 0.3) is 0 Å². The number of nitrogens with zero attached hydrogens (tertiary/aromatic N) is 2. The number of hydrogen-bond acceptors (Lipinski definition) is 5. The van der Waals surface area contributed by atoms with Crippen molar-refractivity contribution < 1.29 is 24.2 Å². The minimum atomic E-state index is -0.754. The number of carbonyl (C=O) groups is 3. The summed E-state index contributed by atoms with van der Waals surface area (Å²) in [6.45, 7) is 3.19. The second-order valence-electron chi connectivity index (χ2n) is 6.11. The van der Waals surface area contributed by atoms with Crippen LogP contribution in [-0.2, 0) is 14.3 Å². The fourth-order valence-corrected chi connectivity index (χ4v) is 3.03. The molecule has 0 aliphatic carbocycles. The van der Waals surface area contributed by atoms with Crippen LogP contribution in [0.5, 0.6) is 5.75 Å². The Morgan fingerprint density at radius 2 is 1.63 bits per heavy atom. The Morgan fingerprint density at radius 1 is 1.00 bits per heavy atom. The van der Waals surface area contributed by atoms with Crippen molar-refractivity contribution in [3.05, 3.63) is 36.4 Å². The van der Waals surface area contributed by atoms with E-state index in [1.807, 2.05) is 0 Å². The highest BCUT2D eigenvalue weighted by Gasteiger charge is 2.28. The molecule has 1 fully saturated rings. The molecule has 1 aliphatic rings. The molecule has 8 nitrogen and oxygen atoms in total. The first kappa shape index (κ1) is 18.5. The molecule has 0 atom stereocenters. The van der Waals surface area contributed by atoms with Gasteiger partial charge in [-0.3, -0.25) is 9.59 Å². The van der Waals surface area contributed by atoms with E-state index in [2.05, 4.69) is 5.32 Å². The van der Waals surface area contributed by atoms with E-state index in [0.717, 1.165) is 0 Å². The van der Waals surface area contributed by atoms with Crippen molar-refractivity contribution in [2.75, 3.05) is 38.1 Å². The third-order valence-corrected chi connectivity index (χ3v) is 4.43. The fraction of sp³-hybridized carbons (Fsp3) is 0.316. The van der Waals surface area contributed by atoms with Crippen LogP contribution in [0.3, 0.4) is 0 Å². The topological polar surface area (TPSA) is 99.2 Å². The zero-order valence-electron chi connectivity index (χ0n) is 15.0. The van der Waals surface area contributed by atoms with Gasteiger partial charge in [0.1, 0.15) is 5.75 Å². The molecule has 2 N–H and O–H groups in total. The zero-order valence-corrected chi connectivity index (χ0v) is 15.0. The van der Waals surface area contributed by atoms with Crippen molar-refractivity contribution in [1.82, 2.24) is 9.80 Å². The molecular formula is C19H21N3O5. The van der Waals surface area contributed by atoms with E-state index in [1.165, 1.54) is 9.80 Å². The molecule has 142 valence electrons. The van der Waals surface area contributed by atoms with Crippen molar-refractivity contribution in [3.63, 3.8) is 0 Å². The number of ether oxygens (including phenoxy) is 1. The van der Waals surface area contributed by atoms with E-state index >= 15 is 0 Å². The van der Waals surface area contributed by atoms with Crippen LogP contribution in [0.1, 0.15) is 6.92 Å². The minimum Gasteiger partial charge on any atom is -0.507 e. The van der Waals surface area contributed by atoms with Crippen LogP contribution >= 0.6 is 0 Å². The number of nitrogens with one attached hydrogen (secondary N) is 1. The summed E-state index contributed by atoms with van der Waals surface area (Å²) in [5, 5.41) is 13.8. The number of aromatic hydroxyl groups is 1. The van der Waals surface area contributed by atoms with Gasteiger partial charge in [0.2, 0.25) is 0 Å². The van der Waals surface area contributed by atoms with Crippen LogP contribution in [0.25, 0.3) is 10.8 Å². The number of phenols is 1. The second-order valence-corrected chi connectivity index (χ2v) is 6.11. The van der Waals surface area contributed by atoms with Crippen molar-refractivity contribution in [2.45, 2.75) is 6.92 Å². The molecule has 1 heterocycles. The summed E-state index contributed by atoms with van der Waals surface area (Å²) in [5.41, 5.74) is 0.451. The molecule has 3 amide bonds. The van der Waals surface area contributed by atoms with Crippen LogP contribution in [0, 0.1) is 0 Å². The minimum absolute atomic E-state index is 0.102. The summed E-state index contributed by atoms with van der Waals surface area (Å²) in [7, 11) is 0. The van der Waals surface area contributed by atoms with Gasteiger partial charge >= 0.3 is 17.9 Å². The maximum absolute atomic E-state index is 12.4. The van der Waals surface area contributed by atoms with E-state index in [-0.39, 0.29) is 18.8 Å². The monoisotopic (exact) mass is 371 g/mol. The average molecular weight is 371 g/mol. The number of anilines is 1. The maximum atomic E-state index is 12.4. The lowest BCUT2D eigenvalue weighted by molar-refractivity contribution is -0.144. The molecule has 0 radical (unpaired) electrons. The molecule has 1 saturated heterocycles. The first-order valence-electron chi connectivity index (χ1n) is 8.74. The van der Waals surface area contributed by atoms with Crippen LogP contribution in [0.2, 0.25) is 0 Å². The van der Waals surface area contributed by atoms with Crippen molar-refractivity contribution in [2.24, 2.45) is 0 Å². The molecule has 0 aromatic heterocycles. The maximum Gasteiger partial charge on any atom is 0.409 e. The normalized spacial score (nSPS) is 14.1. The van der Waals surface area contributed by atoms with Gasteiger partial charge < -0.3 is 25.0 Å². The van der Waals surface area contributed by atoms with E-state index in [1.54, 1.807) is 43.3 Å². The molecule has 3 rings (SSSR count). The van der Waals surface area contributed by atoms with Crippen LogP contribution in [0.4, 0.5) is 10.5 Å². The summed E-state index contributed by atoms with van der Waals surface area (Å²) < 4.78 is 4.94. The predicted molar refractivity (Wildman–Crippen MR) is 99.4 cm³/mol. The Labute approximate surface area is 156 Å². The van der Waals surface area contributed by atoms with Crippen LogP contribution in [-0.4, -0.2) is 65.6 Å². The number of rotatable bonds is 2. The molecule has 2 aromatic carbocycles. The van der Waals surface area contributed by atoms with Crippen molar-refractivity contribution >= 4 is 34.4 Å². The smallest absolute Gasteiger partial charge is 0.409 e. The van der Waals surface area contributed by atoms with Gasteiger partial charge in [-0.1, -0.05) is 24.3 Å². The number of phenolic OH excluding ortho intramolecular Hbond substituents is 1. The van der Waals surface area contributed by atoms with Gasteiger partial charge in [-0.15, -0.1) is 0 Å². The fourth-order valence-electron chi connectivity index (χ4n) is 3.03. The first-order valence-corrected chi connectivity index (χ1v) is 8.74. The molecule has 0 unspecified atom stereocenters. The summed E-state index contributed by atoms with van der Waals surface area (Å²) in [4.78, 5) is 39.5. The van der Waals surface area contributed by atoms with E-state index < -0.39 is 17.9 Å². The van der Waals surface area contributed by atoms with Gasteiger partial charge in [0, 0.05) is 42.6 Å². The number of carbonyl (C=O) groups excluding carboxylic acids is 3. The molecule has 0 spiro atoms. The van der Waals surface area contributed by atoms with Crippen LogP contribution in [0.15, 0.2) is 36.4 Å². The molecule has 0 bridgehead atoms. The summed E-state index contributed by atoms with van der Waals surface area (Å²) in [6.07, 6.45) is -0.412. The largest absolute Gasteiger partial charge is 0.507 e. The van der Waals surface area contributed by atoms with E-state index in [4.69, 9.17) is 4.74 Å². The molecule has 0 saturated carbocycles. The molecular weight excluding hydrogens is 350 g/mol. The summed E-state index contributed by atoms with van der Waals surface area (Å²) in [6, 6.07) is 10.1. The third-order valence-electron chi connectivity index (χ3n) is 4.43. The number of piperazine rings is 1. The number of hydrogen-bond donors (Lipinski definition) is 2. The Balaban J connectivity index is 1.65. The second kappa shape index (κ2) is 7.94. The first-order chi connectivity index (χ1) is 13.0. The molecule has 8 heteroatoms. The Bertz CT molecular complexity index is 875. The highest BCUT2D eigenvalue weighted by atomic mass is 16.6. The van der Waals surface area contributed by atoms with Crippen molar-refractivity contribution in [1.29, 1.82) is 0 Å². The highest BCUT2D eigenvalue weighted by Crippen LogP contribution is 2.29. The Morgan fingerprint density at radius 3 is 2.33 bits per heavy atom. The number of fused-ring (bicyclic) bond motifs is 1. The lowest BCUT2D eigenvalue weighted by Crippen LogP contribution is -2.53. The standard InChI is InChI=1S/C19H21N3O5/c1-2-27-19(26)22-11-9-21(10-12-22)18(25)17(24)20-15-7-3-6-14-13(15)5-4-8-16(14)23/h3-8,23H,2,9-12H2,1H3,(H,20,24). The lowest BCUT2D eigenvalue weighted by Gasteiger charge is -2.33. The SMILES string of the molecule is CCOC(=O)N1CCN(C(=O)C(=O)Nc2cccc3c(O)cccc23)CC1. The third kappa shape index (κ3) is 3.94. The van der Waals surface area contributed by atoms with E-state index in [9.17, 15) is 19.5 Å². The van der Waals surface area contributed by atoms with Gasteiger partial charge in [0.05, 0.1) is 6.61 Å². The van der Waals surface area contributed by atoms with Crippen molar-refractivity contribution in [3.8, 4) is 5.75 Å². The van der Waals surface area contributed by atoms with Gasteiger partial charge in [0.15, 0.2) is 0 Å².